The second-order valence-electron chi connectivity index (χ2n) is 12.9. The van der Waals surface area contributed by atoms with Gasteiger partial charge in [0.05, 0.1) is 16.4 Å². The normalized spacial score (nSPS) is 19.7. The van der Waals surface area contributed by atoms with E-state index in [0.29, 0.717) is 45.1 Å². The minimum Gasteiger partial charge on any atom is -0.481 e. The van der Waals surface area contributed by atoms with Gasteiger partial charge in [0.25, 0.3) is 0 Å². The number of carboxylic acid groups (broad SMARTS) is 1. The zero-order chi connectivity index (χ0) is 28.6. The molecular weight excluding hydrogens is 530 g/mol. The molecule has 2 aliphatic carbocycles. The lowest BCUT2D eigenvalue weighted by molar-refractivity contribution is -0.137. The molecule has 3 aromatic rings. The maximum absolute atomic E-state index is 13.1. The number of hydrogen-bond donors (Lipinski definition) is 2. The summed E-state index contributed by atoms with van der Waals surface area (Å²) in [6, 6.07) is 7.39. The molecule has 0 saturated heterocycles. The monoisotopic (exact) mass is 567 g/mol. The largest absolute Gasteiger partial charge is 0.481 e. The average Bonchev–Trinajstić information content (AvgIpc) is 3.40. The topological polar surface area (TPSA) is 118 Å². The minimum atomic E-state index is -0.921. The first kappa shape index (κ1) is 28.4. The van der Waals surface area contributed by atoms with Crippen molar-refractivity contribution < 1.29 is 23.7 Å². The number of rotatable bonds is 11. The van der Waals surface area contributed by atoms with Crippen LogP contribution in [-0.4, -0.2) is 27.3 Å². The number of aryl methyl sites for hydroxylation is 1. The fourth-order valence-corrected chi connectivity index (χ4v) is 6.21. The first-order valence-corrected chi connectivity index (χ1v) is 14.6. The number of anilines is 1. The van der Waals surface area contributed by atoms with Crippen molar-refractivity contribution in [3.8, 4) is 11.5 Å². The number of hydrogen-bond acceptors (Lipinski definition) is 6. The van der Waals surface area contributed by atoms with Gasteiger partial charge in [-0.25, -0.2) is 0 Å². The number of nitrogens with zero attached hydrogens (tertiary/aromatic N) is 2. The summed E-state index contributed by atoms with van der Waals surface area (Å²) in [6.07, 6.45) is 5.60. The van der Waals surface area contributed by atoms with E-state index in [-0.39, 0.29) is 31.1 Å². The van der Waals surface area contributed by atoms with Crippen molar-refractivity contribution >= 4 is 29.2 Å². The first-order valence-electron chi connectivity index (χ1n) is 14.2. The lowest BCUT2D eigenvalue weighted by Crippen LogP contribution is -2.25. The molecule has 9 heteroatoms. The summed E-state index contributed by atoms with van der Waals surface area (Å²) in [4.78, 5) is 24.5. The highest BCUT2D eigenvalue weighted by molar-refractivity contribution is 6.33. The van der Waals surface area contributed by atoms with Crippen LogP contribution < -0.4 is 5.32 Å². The Hall–Kier alpha value is -3.13. The molecule has 1 aromatic carbocycles. The summed E-state index contributed by atoms with van der Waals surface area (Å²) in [5.74, 6) is 1.15. The molecule has 0 spiro atoms. The van der Waals surface area contributed by atoms with Crippen LogP contribution in [0.5, 0.6) is 0 Å². The molecule has 1 atom stereocenters. The molecule has 2 heterocycles. The molecule has 1 amide bonds. The fraction of sp³-hybridized carbons (Fsp3) is 0.548. The number of nitrogens with one attached hydrogen (secondary N) is 1. The molecule has 8 nitrogen and oxygen atoms in total. The van der Waals surface area contributed by atoms with Gasteiger partial charge < -0.3 is 19.5 Å². The highest BCUT2D eigenvalue weighted by atomic mass is 35.5. The Balaban J connectivity index is 1.35. The van der Waals surface area contributed by atoms with E-state index in [2.05, 4.69) is 36.4 Å². The van der Waals surface area contributed by atoms with Crippen LogP contribution in [-0.2, 0) is 9.59 Å². The lowest BCUT2D eigenvalue weighted by Gasteiger charge is -2.37. The highest BCUT2D eigenvalue weighted by Crippen LogP contribution is 2.50. The van der Waals surface area contributed by atoms with E-state index in [0.717, 1.165) is 42.6 Å². The van der Waals surface area contributed by atoms with E-state index in [1.165, 1.54) is 6.42 Å². The number of carbonyl (C=O) groups is 2. The number of aromatic nitrogens is 2. The molecule has 0 aliphatic heterocycles. The van der Waals surface area contributed by atoms with E-state index in [9.17, 15) is 14.7 Å². The van der Waals surface area contributed by atoms with Crippen molar-refractivity contribution in [1.82, 2.24) is 10.3 Å². The SMILES string of the molecule is Cc1ccc(NC(=O)C[C@H](CCC(=O)O)c2noc(-c3cc(C4CC(CC(C)(C)C)C4)on3)c2C2CC2)c(Cl)c1. The van der Waals surface area contributed by atoms with Crippen LogP contribution in [0.2, 0.25) is 5.02 Å². The van der Waals surface area contributed by atoms with Gasteiger partial charge >= 0.3 is 5.97 Å². The van der Waals surface area contributed by atoms with E-state index in [1.807, 2.05) is 19.1 Å². The van der Waals surface area contributed by atoms with Gasteiger partial charge in [-0.1, -0.05) is 48.8 Å². The van der Waals surface area contributed by atoms with E-state index < -0.39 is 11.9 Å². The lowest BCUT2D eigenvalue weighted by atomic mass is 9.67. The summed E-state index contributed by atoms with van der Waals surface area (Å²) in [6.45, 7) is 8.76. The van der Waals surface area contributed by atoms with Gasteiger partial charge in [-0.2, -0.15) is 0 Å². The quantitative estimate of drug-likeness (QED) is 0.240. The van der Waals surface area contributed by atoms with Gasteiger partial charge in [-0.05, 0) is 80.4 Å². The number of aliphatic carboxylic acids is 1. The fourth-order valence-electron chi connectivity index (χ4n) is 5.92. The Morgan fingerprint density at radius 1 is 1.12 bits per heavy atom. The van der Waals surface area contributed by atoms with Gasteiger partial charge in [0.2, 0.25) is 5.91 Å². The smallest absolute Gasteiger partial charge is 0.303 e. The molecule has 0 unspecified atom stereocenters. The van der Waals surface area contributed by atoms with Crippen molar-refractivity contribution in [2.24, 2.45) is 11.3 Å². The first-order chi connectivity index (χ1) is 19.0. The second-order valence-corrected chi connectivity index (χ2v) is 13.3. The van der Waals surface area contributed by atoms with Crippen LogP contribution in [0.4, 0.5) is 5.69 Å². The zero-order valence-corrected chi connectivity index (χ0v) is 24.4. The van der Waals surface area contributed by atoms with Gasteiger partial charge in [-0.15, -0.1) is 0 Å². The minimum absolute atomic E-state index is 0.0600. The average molecular weight is 568 g/mol. The standard InChI is InChI=1S/C31H38ClN3O5/c1-17-5-9-23(22(32)11-17)33-26(36)14-20(8-10-27(37)38)29-28(19-6-7-19)30(40-35-29)24-15-25(39-34-24)21-12-18(13-21)16-31(2,3)4/h5,9,11,15,18-21H,6-8,10,12-14,16H2,1-4H3,(H,33,36)(H,37,38)/t18?,20-,21?/m0/s1. The van der Waals surface area contributed by atoms with Gasteiger partial charge in [0, 0.05) is 36.3 Å². The Kier molecular flexibility index (Phi) is 8.09. The Morgan fingerprint density at radius 2 is 1.88 bits per heavy atom. The van der Waals surface area contributed by atoms with E-state index in [1.54, 1.807) is 12.1 Å². The molecule has 214 valence electrons. The maximum atomic E-state index is 13.1. The Morgan fingerprint density at radius 3 is 2.52 bits per heavy atom. The van der Waals surface area contributed by atoms with Gasteiger partial charge in [0.1, 0.15) is 5.76 Å². The third kappa shape index (κ3) is 6.77. The summed E-state index contributed by atoms with van der Waals surface area (Å²) in [5.41, 5.74) is 4.01. The highest BCUT2D eigenvalue weighted by Gasteiger charge is 2.39. The van der Waals surface area contributed by atoms with Crippen molar-refractivity contribution in [1.29, 1.82) is 0 Å². The number of benzene rings is 1. The molecule has 0 radical (unpaired) electrons. The molecule has 2 N–H and O–H groups in total. The predicted molar refractivity (Wildman–Crippen MR) is 153 cm³/mol. The molecular formula is C31H38ClN3O5. The van der Waals surface area contributed by atoms with Crippen LogP contribution in [0.1, 0.15) is 112 Å². The molecule has 2 aliphatic rings. The van der Waals surface area contributed by atoms with E-state index >= 15 is 0 Å². The van der Waals surface area contributed by atoms with Crippen LogP contribution in [0.25, 0.3) is 11.5 Å². The molecule has 2 fully saturated rings. The van der Waals surface area contributed by atoms with Crippen molar-refractivity contribution in [3.63, 3.8) is 0 Å². The Labute approximate surface area is 239 Å². The molecule has 0 bridgehead atoms. The number of amides is 1. The predicted octanol–water partition coefficient (Wildman–Crippen LogP) is 8.08. The van der Waals surface area contributed by atoms with Crippen LogP contribution >= 0.6 is 11.6 Å². The molecule has 5 rings (SSSR count). The van der Waals surface area contributed by atoms with Crippen molar-refractivity contribution in [3.05, 3.63) is 51.9 Å². The zero-order valence-electron chi connectivity index (χ0n) is 23.6. The number of carboxylic acids is 1. The van der Waals surface area contributed by atoms with Gasteiger partial charge in [0.15, 0.2) is 11.5 Å². The molecule has 40 heavy (non-hydrogen) atoms. The summed E-state index contributed by atoms with van der Waals surface area (Å²) < 4.78 is 11.6. The molecule has 2 aromatic heterocycles. The number of halogens is 1. The molecule has 2 saturated carbocycles. The second kappa shape index (κ2) is 11.4. The third-order valence-electron chi connectivity index (χ3n) is 7.97. The van der Waals surface area contributed by atoms with Crippen molar-refractivity contribution in [2.45, 2.75) is 96.8 Å². The van der Waals surface area contributed by atoms with Crippen molar-refractivity contribution in [2.75, 3.05) is 5.32 Å². The maximum Gasteiger partial charge on any atom is 0.303 e. The van der Waals surface area contributed by atoms with Crippen LogP contribution in [0.15, 0.2) is 33.3 Å². The summed E-state index contributed by atoms with van der Waals surface area (Å²) >= 11 is 6.32. The van der Waals surface area contributed by atoms with Crippen LogP contribution in [0, 0.1) is 18.3 Å². The number of carbonyl (C=O) groups excluding carboxylic acids is 1. The Bertz CT molecular complexity index is 1380. The summed E-state index contributed by atoms with van der Waals surface area (Å²) in [5, 5.41) is 21.5. The van der Waals surface area contributed by atoms with E-state index in [4.69, 9.17) is 20.6 Å². The van der Waals surface area contributed by atoms with Gasteiger partial charge in [-0.3, -0.25) is 9.59 Å². The van der Waals surface area contributed by atoms with Crippen LogP contribution in [0.3, 0.4) is 0 Å². The third-order valence-corrected chi connectivity index (χ3v) is 8.28. The summed E-state index contributed by atoms with van der Waals surface area (Å²) in [7, 11) is 0.